The van der Waals surface area contributed by atoms with Crippen molar-refractivity contribution in [3.8, 4) is 0 Å². The summed E-state index contributed by atoms with van der Waals surface area (Å²) in [6, 6.07) is 7.80. The largest absolute Gasteiger partial charge is 0.478 e. The van der Waals surface area contributed by atoms with E-state index < -0.39 is 5.97 Å². The third-order valence-electron chi connectivity index (χ3n) is 1.69. The summed E-state index contributed by atoms with van der Waals surface area (Å²) in [5.74, 6) is -0.917. The minimum Gasteiger partial charge on any atom is -0.478 e. The molecular weight excluding hydrogens is 208 g/mol. The van der Waals surface area contributed by atoms with Crippen molar-refractivity contribution < 1.29 is 9.90 Å². The topological polar surface area (TPSA) is 37.3 Å². The van der Waals surface area contributed by atoms with Crippen LogP contribution in [-0.2, 0) is 4.79 Å². The lowest BCUT2D eigenvalue weighted by molar-refractivity contribution is -0.131. The molecular formula is C12H14O2S. The number of hydrogen-bond donors (Lipinski definition) is 1. The monoisotopic (exact) mass is 222 g/mol. The molecule has 0 radical (unpaired) electrons. The first-order chi connectivity index (χ1) is 7.09. The number of benzene rings is 1. The summed E-state index contributed by atoms with van der Waals surface area (Å²) in [6.45, 7) is 4.23. The van der Waals surface area contributed by atoms with Gasteiger partial charge in [-0.3, -0.25) is 0 Å². The van der Waals surface area contributed by atoms with E-state index in [1.807, 2.05) is 24.3 Å². The third-order valence-corrected chi connectivity index (χ3v) is 2.78. The maximum atomic E-state index is 10.4. The zero-order valence-electron chi connectivity index (χ0n) is 8.81. The SMILES string of the molecule is CC(C)Sc1ccccc1C=CC(=O)O. The van der Waals surface area contributed by atoms with Gasteiger partial charge in [0.1, 0.15) is 0 Å². The van der Waals surface area contributed by atoms with Gasteiger partial charge < -0.3 is 5.11 Å². The van der Waals surface area contributed by atoms with Gasteiger partial charge in [-0.1, -0.05) is 32.0 Å². The van der Waals surface area contributed by atoms with Crippen LogP contribution in [0.25, 0.3) is 6.08 Å². The van der Waals surface area contributed by atoms with Gasteiger partial charge in [0.2, 0.25) is 0 Å². The number of carboxylic acids is 1. The minimum atomic E-state index is -0.917. The maximum absolute atomic E-state index is 10.4. The second kappa shape index (κ2) is 5.61. The molecule has 15 heavy (non-hydrogen) atoms. The van der Waals surface area contributed by atoms with Gasteiger partial charge in [-0.05, 0) is 17.7 Å². The summed E-state index contributed by atoms with van der Waals surface area (Å²) in [5.41, 5.74) is 0.957. The second-order valence-corrected chi connectivity index (χ2v) is 4.99. The summed E-state index contributed by atoms with van der Waals surface area (Å²) in [7, 11) is 0. The van der Waals surface area contributed by atoms with Gasteiger partial charge in [0.25, 0.3) is 0 Å². The number of aliphatic carboxylic acids is 1. The zero-order chi connectivity index (χ0) is 11.3. The van der Waals surface area contributed by atoms with Crippen LogP contribution in [0, 0.1) is 0 Å². The summed E-state index contributed by atoms with van der Waals surface area (Å²) in [6.07, 6.45) is 2.80. The lowest BCUT2D eigenvalue weighted by Gasteiger charge is -2.07. The molecule has 0 bridgehead atoms. The van der Waals surface area contributed by atoms with Crippen LogP contribution in [0.3, 0.4) is 0 Å². The van der Waals surface area contributed by atoms with Crippen LogP contribution in [0.15, 0.2) is 35.2 Å². The van der Waals surface area contributed by atoms with E-state index in [1.165, 1.54) is 6.08 Å². The smallest absolute Gasteiger partial charge is 0.328 e. The molecule has 0 aliphatic heterocycles. The summed E-state index contributed by atoms with van der Waals surface area (Å²) >= 11 is 1.73. The standard InChI is InChI=1S/C12H14O2S/c1-9(2)15-11-6-4-3-5-10(11)7-8-12(13)14/h3-9H,1-2H3,(H,13,14). The lowest BCUT2D eigenvalue weighted by atomic mass is 10.2. The first-order valence-electron chi connectivity index (χ1n) is 4.76. The van der Waals surface area contributed by atoms with Gasteiger partial charge in [-0.15, -0.1) is 11.8 Å². The molecule has 80 valence electrons. The molecule has 3 heteroatoms. The van der Waals surface area contributed by atoms with Crippen LogP contribution in [0.1, 0.15) is 19.4 Å². The van der Waals surface area contributed by atoms with Crippen molar-refractivity contribution in [3.63, 3.8) is 0 Å². The van der Waals surface area contributed by atoms with Crippen molar-refractivity contribution in [2.24, 2.45) is 0 Å². The first-order valence-corrected chi connectivity index (χ1v) is 5.64. The number of hydrogen-bond acceptors (Lipinski definition) is 2. The predicted molar refractivity (Wildman–Crippen MR) is 64.1 cm³/mol. The molecule has 1 N–H and O–H groups in total. The van der Waals surface area contributed by atoms with E-state index in [0.717, 1.165) is 10.5 Å². The fraction of sp³-hybridized carbons (Fsp3) is 0.250. The van der Waals surface area contributed by atoms with E-state index in [4.69, 9.17) is 5.11 Å². The average molecular weight is 222 g/mol. The van der Waals surface area contributed by atoms with E-state index in [1.54, 1.807) is 17.8 Å². The van der Waals surface area contributed by atoms with E-state index in [2.05, 4.69) is 13.8 Å². The highest BCUT2D eigenvalue weighted by Gasteiger charge is 2.02. The third kappa shape index (κ3) is 4.21. The zero-order valence-corrected chi connectivity index (χ0v) is 9.62. The van der Waals surface area contributed by atoms with Crippen LogP contribution in [0.4, 0.5) is 0 Å². The normalized spacial score (nSPS) is 11.1. The Hall–Kier alpha value is -1.22. The molecule has 1 rings (SSSR count). The highest BCUT2D eigenvalue weighted by atomic mass is 32.2. The van der Waals surface area contributed by atoms with Crippen LogP contribution in [0.5, 0.6) is 0 Å². The molecule has 0 saturated heterocycles. The van der Waals surface area contributed by atoms with Crippen molar-refractivity contribution in [1.29, 1.82) is 0 Å². The summed E-state index contributed by atoms with van der Waals surface area (Å²) in [5, 5.41) is 9.04. The number of rotatable bonds is 4. The Bertz CT molecular complexity index is 370. The Morgan fingerprint density at radius 1 is 1.40 bits per heavy atom. The fourth-order valence-electron chi connectivity index (χ4n) is 1.14. The molecule has 2 nitrogen and oxygen atoms in total. The molecule has 0 fully saturated rings. The minimum absolute atomic E-state index is 0.490. The van der Waals surface area contributed by atoms with Gasteiger partial charge in [0.15, 0.2) is 0 Å². The Balaban J connectivity index is 2.91. The van der Waals surface area contributed by atoms with Gasteiger partial charge >= 0.3 is 5.97 Å². The van der Waals surface area contributed by atoms with Crippen LogP contribution in [-0.4, -0.2) is 16.3 Å². The lowest BCUT2D eigenvalue weighted by Crippen LogP contribution is -1.90. The van der Waals surface area contributed by atoms with E-state index in [0.29, 0.717) is 5.25 Å². The Morgan fingerprint density at radius 2 is 2.07 bits per heavy atom. The first kappa shape index (κ1) is 11.9. The van der Waals surface area contributed by atoms with Crippen LogP contribution in [0.2, 0.25) is 0 Å². The quantitative estimate of drug-likeness (QED) is 0.627. The highest BCUT2D eigenvalue weighted by molar-refractivity contribution is 8.00. The van der Waals surface area contributed by atoms with E-state index >= 15 is 0 Å². The maximum Gasteiger partial charge on any atom is 0.328 e. The molecule has 1 aromatic rings. The number of thioether (sulfide) groups is 1. The second-order valence-electron chi connectivity index (χ2n) is 3.38. The molecule has 0 amide bonds. The van der Waals surface area contributed by atoms with Crippen molar-refractivity contribution in [2.45, 2.75) is 24.0 Å². The predicted octanol–water partition coefficient (Wildman–Crippen LogP) is 3.28. The van der Waals surface area contributed by atoms with E-state index in [-0.39, 0.29) is 0 Å². The van der Waals surface area contributed by atoms with Crippen molar-refractivity contribution in [3.05, 3.63) is 35.9 Å². The van der Waals surface area contributed by atoms with Crippen molar-refractivity contribution >= 4 is 23.8 Å². The molecule has 0 heterocycles. The van der Waals surface area contributed by atoms with E-state index in [9.17, 15) is 4.79 Å². The van der Waals surface area contributed by atoms with Gasteiger partial charge in [-0.2, -0.15) is 0 Å². The fourth-order valence-corrected chi connectivity index (χ4v) is 2.08. The molecule has 0 saturated carbocycles. The van der Waals surface area contributed by atoms with Gasteiger partial charge in [-0.25, -0.2) is 4.79 Å². The van der Waals surface area contributed by atoms with Crippen LogP contribution < -0.4 is 0 Å². The Morgan fingerprint density at radius 3 is 2.67 bits per heavy atom. The van der Waals surface area contributed by atoms with Crippen molar-refractivity contribution in [2.75, 3.05) is 0 Å². The summed E-state index contributed by atoms with van der Waals surface area (Å²) < 4.78 is 0. The van der Waals surface area contributed by atoms with Gasteiger partial charge in [0, 0.05) is 16.2 Å². The Kier molecular flexibility index (Phi) is 4.43. The number of carboxylic acid groups (broad SMARTS) is 1. The van der Waals surface area contributed by atoms with Gasteiger partial charge in [0.05, 0.1) is 0 Å². The number of carbonyl (C=O) groups is 1. The van der Waals surface area contributed by atoms with Crippen molar-refractivity contribution in [1.82, 2.24) is 0 Å². The van der Waals surface area contributed by atoms with Crippen LogP contribution >= 0.6 is 11.8 Å². The molecule has 0 aromatic heterocycles. The molecule has 0 spiro atoms. The average Bonchev–Trinajstić information content (AvgIpc) is 2.15. The molecule has 0 aliphatic carbocycles. The molecule has 1 aromatic carbocycles. The Labute approximate surface area is 94.0 Å². The molecule has 0 aliphatic rings. The summed E-state index contributed by atoms with van der Waals surface area (Å²) in [4.78, 5) is 11.5. The molecule has 0 unspecified atom stereocenters. The molecule has 0 atom stereocenters. The highest BCUT2D eigenvalue weighted by Crippen LogP contribution is 2.27.